The minimum absolute atomic E-state index is 0.253. The second kappa shape index (κ2) is 14.2. The second-order valence-electron chi connectivity index (χ2n) is 10.2. The van der Waals surface area contributed by atoms with Crippen LogP contribution >= 0.6 is 0 Å². The van der Waals surface area contributed by atoms with Gasteiger partial charge in [0.2, 0.25) is 0 Å². The Kier molecular flexibility index (Phi) is 12.9. The van der Waals surface area contributed by atoms with Crippen LogP contribution in [0.3, 0.4) is 0 Å². The number of aliphatic hydroxyl groups is 1. The fourth-order valence-corrected chi connectivity index (χ4v) is 4.53. The molecule has 0 saturated carbocycles. The van der Waals surface area contributed by atoms with E-state index in [0.717, 1.165) is 44.4 Å². The molecule has 1 aliphatic carbocycles. The zero-order valence-electron chi connectivity index (χ0n) is 21.1. The van der Waals surface area contributed by atoms with Crippen molar-refractivity contribution >= 4 is 0 Å². The lowest BCUT2D eigenvalue weighted by atomic mass is 9.83. The summed E-state index contributed by atoms with van der Waals surface area (Å²) in [4.78, 5) is 0. The highest BCUT2D eigenvalue weighted by atomic mass is 16.5. The van der Waals surface area contributed by atoms with E-state index in [1.807, 2.05) is 14.0 Å². The number of ether oxygens (including phenoxy) is 1. The summed E-state index contributed by atoms with van der Waals surface area (Å²) in [5.41, 5.74) is 3.88. The van der Waals surface area contributed by atoms with Gasteiger partial charge in [0.25, 0.3) is 0 Å². The van der Waals surface area contributed by atoms with Crippen LogP contribution < -0.4 is 0 Å². The third kappa shape index (κ3) is 10.4. The Labute approximate surface area is 187 Å². The van der Waals surface area contributed by atoms with Gasteiger partial charge in [0.15, 0.2) is 0 Å². The Balaban J connectivity index is 2.28. The first-order valence-corrected chi connectivity index (χ1v) is 12.5. The number of unbranched alkanes of at least 4 members (excludes halogenated alkanes) is 2. The molecule has 0 aliphatic heterocycles. The normalized spacial score (nSPS) is 23.0. The molecule has 0 spiro atoms. The minimum Gasteiger partial charge on any atom is -0.390 e. The fourth-order valence-electron chi connectivity index (χ4n) is 4.53. The summed E-state index contributed by atoms with van der Waals surface area (Å²) < 4.78 is 5.78. The molecule has 174 valence electrons. The van der Waals surface area contributed by atoms with Gasteiger partial charge in [-0.3, -0.25) is 0 Å². The first-order valence-electron chi connectivity index (χ1n) is 12.5. The average Bonchev–Trinajstić information content (AvgIpc) is 2.68. The van der Waals surface area contributed by atoms with E-state index in [9.17, 15) is 5.11 Å². The Bertz CT molecular complexity index is 567. The van der Waals surface area contributed by atoms with Crippen molar-refractivity contribution in [1.82, 2.24) is 0 Å². The lowest BCUT2D eigenvalue weighted by Gasteiger charge is -2.29. The van der Waals surface area contributed by atoms with Gasteiger partial charge in [-0.1, -0.05) is 69.4 Å². The molecular formula is C28H50O2. The van der Waals surface area contributed by atoms with E-state index in [2.05, 4.69) is 52.8 Å². The first kappa shape index (κ1) is 27.2. The minimum atomic E-state index is -0.483. The first-order chi connectivity index (χ1) is 14.2. The SMILES string of the molecule is CCCCCC(C)(O)CCC/C(C)=C/CCC(C)CCC1=CC=C(C)C(C)C1OC. The molecule has 1 rings (SSSR count). The maximum absolute atomic E-state index is 10.5. The van der Waals surface area contributed by atoms with E-state index < -0.39 is 5.60 Å². The molecule has 0 fully saturated rings. The molecular weight excluding hydrogens is 368 g/mol. The van der Waals surface area contributed by atoms with Crippen LogP contribution in [0.1, 0.15) is 112 Å². The lowest BCUT2D eigenvalue weighted by molar-refractivity contribution is 0.0375. The van der Waals surface area contributed by atoms with Crippen molar-refractivity contribution in [2.24, 2.45) is 11.8 Å². The predicted octanol–water partition coefficient (Wildman–Crippen LogP) is 8.17. The Morgan fingerprint density at radius 2 is 1.90 bits per heavy atom. The number of rotatable bonds is 15. The average molecular weight is 419 g/mol. The van der Waals surface area contributed by atoms with Gasteiger partial charge in [-0.25, -0.2) is 0 Å². The molecule has 0 aromatic carbocycles. The van der Waals surface area contributed by atoms with Gasteiger partial charge in [0.05, 0.1) is 11.7 Å². The number of hydrogen-bond donors (Lipinski definition) is 1. The molecule has 4 atom stereocenters. The molecule has 0 amide bonds. The van der Waals surface area contributed by atoms with Crippen molar-refractivity contribution in [3.63, 3.8) is 0 Å². The molecule has 1 aliphatic rings. The number of allylic oxidation sites excluding steroid dienone is 4. The zero-order chi connectivity index (χ0) is 22.6. The fraction of sp³-hybridized carbons (Fsp3) is 0.786. The van der Waals surface area contributed by atoms with Gasteiger partial charge in [-0.05, 0) is 83.6 Å². The third-order valence-corrected chi connectivity index (χ3v) is 7.04. The molecule has 2 nitrogen and oxygen atoms in total. The summed E-state index contributed by atoms with van der Waals surface area (Å²) in [5.74, 6) is 1.22. The van der Waals surface area contributed by atoms with Crippen molar-refractivity contribution in [2.45, 2.75) is 124 Å². The largest absolute Gasteiger partial charge is 0.390 e. The molecule has 30 heavy (non-hydrogen) atoms. The highest BCUT2D eigenvalue weighted by Crippen LogP contribution is 2.31. The van der Waals surface area contributed by atoms with E-state index in [0.29, 0.717) is 5.92 Å². The quantitative estimate of drug-likeness (QED) is 0.215. The number of methoxy groups -OCH3 is 1. The second-order valence-corrected chi connectivity index (χ2v) is 10.2. The van der Waals surface area contributed by atoms with Crippen LogP contribution in [0.25, 0.3) is 0 Å². The molecule has 0 aromatic rings. The van der Waals surface area contributed by atoms with Gasteiger partial charge in [-0.2, -0.15) is 0 Å². The standard InChI is InChI=1S/C28H50O2/c1-8-9-10-20-28(6,29)21-12-15-22(2)13-11-14-23(3)16-18-26-19-17-24(4)25(5)27(26)30-7/h13,17,19,23,25,27,29H,8-12,14-16,18,20-21H2,1-7H3/b22-13+. The molecule has 1 N–H and O–H groups in total. The van der Waals surface area contributed by atoms with Gasteiger partial charge < -0.3 is 9.84 Å². The van der Waals surface area contributed by atoms with Crippen LogP contribution in [0.2, 0.25) is 0 Å². The van der Waals surface area contributed by atoms with E-state index >= 15 is 0 Å². The lowest BCUT2D eigenvalue weighted by Crippen LogP contribution is -2.26. The Morgan fingerprint density at radius 1 is 1.20 bits per heavy atom. The van der Waals surface area contributed by atoms with Gasteiger partial charge >= 0.3 is 0 Å². The summed E-state index contributed by atoms with van der Waals surface area (Å²) in [7, 11) is 1.84. The Hall–Kier alpha value is -0.860. The molecule has 4 unspecified atom stereocenters. The van der Waals surface area contributed by atoms with Crippen LogP contribution in [-0.4, -0.2) is 23.9 Å². The van der Waals surface area contributed by atoms with Crippen LogP contribution in [0, 0.1) is 11.8 Å². The molecule has 0 bridgehead atoms. The van der Waals surface area contributed by atoms with E-state index in [1.54, 1.807) is 0 Å². The molecule has 2 heteroatoms. The highest BCUT2D eigenvalue weighted by Gasteiger charge is 2.25. The molecule has 0 aromatic heterocycles. The smallest absolute Gasteiger partial charge is 0.0846 e. The topological polar surface area (TPSA) is 29.5 Å². The molecule has 0 radical (unpaired) electrons. The van der Waals surface area contributed by atoms with E-state index in [1.165, 1.54) is 48.8 Å². The summed E-state index contributed by atoms with van der Waals surface area (Å²) >= 11 is 0. The van der Waals surface area contributed by atoms with Crippen LogP contribution in [0.15, 0.2) is 34.9 Å². The van der Waals surface area contributed by atoms with Crippen LogP contribution in [-0.2, 0) is 4.74 Å². The van der Waals surface area contributed by atoms with Crippen LogP contribution in [0.4, 0.5) is 0 Å². The third-order valence-electron chi connectivity index (χ3n) is 7.04. The summed E-state index contributed by atoms with van der Waals surface area (Å²) in [6.07, 6.45) is 19.7. The number of hydrogen-bond acceptors (Lipinski definition) is 2. The van der Waals surface area contributed by atoms with Crippen molar-refractivity contribution in [1.29, 1.82) is 0 Å². The van der Waals surface area contributed by atoms with Crippen molar-refractivity contribution in [2.75, 3.05) is 7.11 Å². The zero-order valence-corrected chi connectivity index (χ0v) is 21.1. The maximum Gasteiger partial charge on any atom is 0.0846 e. The van der Waals surface area contributed by atoms with Crippen molar-refractivity contribution in [3.05, 3.63) is 34.9 Å². The van der Waals surface area contributed by atoms with Crippen molar-refractivity contribution in [3.8, 4) is 0 Å². The van der Waals surface area contributed by atoms with E-state index in [-0.39, 0.29) is 6.10 Å². The predicted molar refractivity (Wildman–Crippen MR) is 132 cm³/mol. The summed E-state index contributed by atoms with van der Waals surface area (Å²) in [6, 6.07) is 0. The van der Waals surface area contributed by atoms with Crippen LogP contribution in [0.5, 0.6) is 0 Å². The Morgan fingerprint density at radius 3 is 2.57 bits per heavy atom. The maximum atomic E-state index is 10.5. The van der Waals surface area contributed by atoms with Gasteiger partial charge in [-0.15, -0.1) is 0 Å². The summed E-state index contributed by atoms with van der Waals surface area (Å²) in [5, 5.41) is 10.5. The van der Waals surface area contributed by atoms with Gasteiger partial charge in [0, 0.05) is 13.0 Å². The molecule has 0 heterocycles. The van der Waals surface area contributed by atoms with Crippen molar-refractivity contribution < 1.29 is 9.84 Å². The monoisotopic (exact) mass is 418 g/mol. The van der Waals surface area contributed by atoms with E-state index in [4.69, 9.17) is 4.74 Å². The van der Waals surface area contributed by atoms with Gasteiger partial charge in [0.1, 0.15) is 0 Å². The summed E-state index contributed by atoms with van der Waals surface area (Å²) in [6.45, 7) is 13.3. The highest BCUT2D eigenvalue weighted by molar-refractivity contribution is 5.29. The molecule has 0 saturated heterocycles.